The van der Waals surface area contributed by atoms with Gasteiger partial charge < -0.3 is 10.0 Å². The van der Waals surface area contributed by atoms with E-state index in [2.05, 4.69) is 103 Å². The van der Waals surface area contributed by atoms with Gasteiger partial charge in [-0.2, -0.15) is 5.26 Å². The van der Waals surface area contributed by atoms with Crippen LogP contribution in [0.2, 0.25) is 0 Å². The van der Waals surface area contributed by atoms with Gasteiger partial charge in [-0.1, -0.05) is 128 Å². The summed E-state index contributed by atoms with van der Waals surface area (Å²) in [6.07, 6.45) is 16.1. The molecule has 0 spiro atoms. The molecule has 4 aromatic carbocycles. The molecule has 1 aliphatic carbocycles. The first kappa shape index (κ1) is 28.6. The number of hydrogen-bond acceptors (Lipinski definition) is 3. The number of allylic oxidation sites excluding steroid dienone is 3. The number of rotatable bonds is 9. The van der Waals surface area contributed by atoms with E-state index in [-0.39, 0.29) is 11.6 Å². The molecular formula is C39H30N2O2. The Morgan fingerprint density at radius 2 is 1.21 bits per heavy atom. The van der Waals surface area contributed by atoms with Crippen molar-refractivity contribution in [1.29, 1.82) is 5.26 Å². The smallest absolute Gasteiger partial charge is 0.346 e. The lowest BCUT2D eigenvalue weighted by atomic mass is 9.95. The van der Waals surface area contributed by atoms with E-state index in [4.69, 9.17) is 5.26 Å². The molecule has 1 unspecified atom stereocenters. The van der Waals surface area contributed by atoms with Crippen LogP contribution in [0.3, 0.4) is 0 Å². The Labute approximate surface area is 252 Å². The minimum absolute atomic E-state index is 0.144. The minimum Gasteiger partial charge on any atom is -0.477 e. The number of nitrogens with zero attached hydrogens (tertiary/aromatic N) is 2. The van der Waals surface area contributed by atoms with Crippen LogP contribution < -0.4 is 4.90 Å². The first-order valence-electron chi connectivity index (χ1n) is 13.9. The molecule has 0 fully saturated rings. The minimum atomic E-state index is -1.25. The number of hydrogen-bond donors (Lipinski definition) is 1. The Balaban J connectivity index is 1.45. The van der Waals surface area contributed by atoms with Gasteiger partial charge in [-0.15, -0.1) is 0 Å². The molecule has 43 heavy (non-hydrogen) atoms. The average Bonchev–Trinajstić information content (AvgIpc) is 3.04. The Bertz CT molecular complexity index is 1790. The highest BCUT2D eigenvalue weighted by Crippen LogP contribution is 2.34. The standard InChI is InChI=1S/C39H30N2O2/c1-29-26-33(15-14-31-10-6-3-7-11-31)20-25-38(29)41(37-23-18-34(19-24-37)27-35(28-40)39(42)43)36-21-16-32(17-22-36)13-12-30-8-4-2-5-9-30/h2-27,38H,1H2,(H,42,43)/b13-12+,15-14+,35-27+. The molecule has 0 amide bonds. The summed E-state index contributed by atoms with van der Waals surface area (Å²) >= 11 is 0. The first-order valence-corrected chi connectivity index (χ1v) is 13.9. The highest BCUT2D eigenvalue weighted by atomic mass is 16.4. The van der Waals surface area contributed by atoms with Gasteiger partial charge in [0, 0.05) is 11.4 Å². The molecule has 0 saturated heterocycles. The molecule has 5 rings (SSSR count). The zero-order valence-electron chi connectivity index (χ0n) is 23.5. The van der Waals surface area contributed by atoms with E-state index in [1.807, 2.05) is 60.7 Å². The van der Waals surface area contributed by atoms with Crippen molar-refractivity contribution in [2.45, 2.75) is 6.04 Å². The van der Waals surface area contributed by atoms with E-state index in [0.29, 0.717) is 5.56 Å². The van der Waals surface area contributed by atoms with Crippen LogP contribution in [0.5, 0.6) is 0 Å². The number of carboxylic acids is 1. The molecule has 0 bridgehead atoms. The van der Waals surface area contributed by atoms with Crippen molar-refractivity contribution in [3.05, 3.63) is 179 Å². The van der Waals surface area contributed by atoms with Crippen LogP contribution in [-0.2, 0) is 4.79 Å². The fraction of sp³-hybridized carbons (Fsp3) is 0.0256. The van der Waals surface area contributed by atoms with Gasteiger partial charge in [-0.25, -0.2) is 4.79 Å². The van der Waals surface area contributed by atoms with Gasteiger partial charge in [0.05, 0.1) is 6.04 Å². The molecule has 4 aromatic rings. The molecule has 1 N–H and O–H groups in total. The number of anilines is 2. The molecule has 1 aliphatic rings. The van der Waals surface area contributed by atoms with Crippen molar-refractivity contribution in [2.24, 2.45) is 0 Å². The molecule has 4 nitrogen and oxygen atoms in total. The van der Waals surface area contributed by atoms with Crippen molar-refractivity contribution in [3.8, 4) is 6.07 Å². The third-order valence-corrected chi connectivity index (χ3v) is 7.02. The summed E-state index contributed by atoms with van der Waals surface area (Å²) in [6, 6.07) is 37.8. The van der Waals surface area contributed by atoms with E-state index in [1.54, 1.807) is 6.07 Å². The van der Waals surface area contributed by atoms with E-state index in [9.17, 15) is 9.90 Å². The van der Waals surface area contributed by atoms with Crippen molar-refractivity contribution in [3.63, 3.8) is 0 Å². The van der Waals surface area contributed by atoms with Crippen molar-refractivity contribution in [2.75, 3.05) is 4.90 Å². The molecule has 1 atom stereocenters. The van der Waals surface area contributed by atoms with Crippen LogP contribution in [0.4, 0.5) is 11.4 Å². The predicted octanol–water partition coefficient (Wildman–Crippen LogP) is 9.12. The highest BCUT2D eigenvalue weighted by molar-refractivity contribution is 5.96. The number of aliphatic carboxylic acids is 1. The molecule has 0 heterocycles. The SMILES string of the molecule is C=C1C=C(/C=C/c2ccccc2)C=CC1N(c1ccc(/C=C/c2ccccc2)cc1)c1ccc(/C=C(\C#N)C(=O)O)cc1. The van der Waals surface area contributed by atoms with Gasteiger partial charge in [0.25, 0.3) is 0 Å². The van der Waals surface area contributed by atoms with Crippen LogP contribution in [0, 0.1) is 11.3 Å². The molecule has 0 saturated carbocycles. The second-order valence-corrected chi connectivity index (χ2v) is 10.0. The van der Waals surface area contributed by atoms with E-state index in [0.717, 1.165) is 39.2 Å². The lowest BCUT2D eigenvalue weighted by Gasteiger charge is -2.34. The van der Waals surface area contributed by atoms with E-state index < -0.39 is 5.97 Å². The number of benzene rings is 4. The number of carbonyl (C=O) groups is 1. The van der Waals surface area contributed by atoms with Gasteiger partial charge in [0.1, 0.15) is 11.6 Å². The van der Waals surface area contributed by atoms with Crippen LogP contribution in [-0.4, -0.2) is 17.1 Å². The lowest BCUT2D eigenvalue weighted by Crippen LogP contribution is -2.31. The molecule has 0 radical (unpaired) electrons. The third-order valence-electron chi connectivity index (χ3n) is 7.02. The topological polar surface area (TPSA) is 64.3 Å². The van der Waals surface area contributed by atoms with Gasteiger partial charge in [-0.3, -0.25) is 0 Å². The van der Waals surface area contributed by atoms with Crippen molar-refractivity contribution >= 4 is 41.6 Å². The fourth-order valence-corrected chi connectivity index (χ4v) is 4.80. The molecule has 0 aromatic heterocycles. The summed E-state index contributed by atoms with van der Waals surface area (Å²) in [6.45, 7) is 4.42. The van der Waals surface area contributed by atoms with Crippen LogP contribution in [0.1, 0.15) is 22.3 Å². The summed E-state index contributed by atoms with van der Waals surface area (Å²) in [5, 5.41) is 18.4. The van der Waals surface area contributed by atoms with Crippen molar-refractivity contribution < 1.29 is 9.90 Å². The molecule has 0 aliphatic heterocycles. The van der Waals surface area contributed by atoms with Crippen molar-refractivity contribution in [1.82, 2.24) is 0 Å². The second-order valence-electron chi connectivity index (χ2n) is 10.0. The Hall–Kier alpha value is -5.92. The maximum Gasteiger partial charge on any atom is 0.346 e. The van der Waals surface area contributed by atoms with Gasteiger partial charge in [0.2, 0.25) is 0 Å². The largest absolute Gasteiger partial charge is 0.477 e. The first-order chi connectivity index (χ1) is 21.0. The van der Waals surface area contributed by atoms with Crippen LogP contribution >= 0.6 is 0 Å². The number of nitriles is 1. The average molecular weight is 559 g/mol. The van der Waals surface area contributed by atoms with Gasteiger partial charge in [0.15, 0.2) is 0 Å². The molecular weight excluding hydrogens is 528 g/mol. The van der Waals surface area contributed by atoms with Gasteiger partial charge in [-0.05, 0) is 69.8 Å². The Kier molecular flexibility index (Phi) is 9.06. The summed E-state index contributed by atoms with van der Waals surface area (Å²) < 4.78 is 0. The zero-order valence-corrected chi connectivity index (χ0v) is 23.5. The Morgan fingerprint density at radius 3 is 1.70 bits per heavy atom. The Morgan fingerprint density at radius 1 is 0.721 bits per heavy atom. The second kappa shape index (κ2) is 13.6. The highest BCUT2D eigenvalue weighted by Gasteiger charge is 2.23. The lowest BCUT2D eigenvalue weighted by molar-refractivity contribution is -0.132. The molecule has 4 heteroatoms. The summed E-state index contributed by atoms with van der Waals surface area (Å²) in [4.78, 5) is 13.5. The maximum absolute atomic E-state index is 11.3. The molecule has 208 valence electrons. The quantitative estimate of drug-likeness (QED) is 0.126. The zero-order chi connectivity index (χ0) is 30.0. The van der Waals surface area contributed by atoms with Crippen LogP contribution in [0.25, 0.3) is 24.3 Å². The van der Waals surface area contributed by atoms with E-state index >= 15 is 0 Å². The third kappa shape index (κ3) is 7.43. The summed E-state index contributed by atoms with van der Waals surface area (Å²) in [5.41, 5.74) is 7.55. The monoisotopic (exact) mass is 558 g/mol. The maximum atomic E-state index is 11.3. The summed E-state index contributed by atoms with van der Waals surface area (Å²) in [7, 11) is 0. The predicted molar refractivity (Wildman–Crippen MR) is 177 cm³/mol. The fourth-order valence-electron chi connectivity index (χ4n) is 4.80. The van der Waals surface area contributed by atoms with E-state index in [1.165, 1.54) is 6.08 Å². The van der Waals surface area contributed by atoms with Gasteiger partial charge >= 0.3 is 5.97 Å². The normalized spacial score (nSPS) is 15.0. The van der Waals surface area contributed by atoms with Crippen LogP contribution in [0.15, 0.2) is 157 Å². The number of carboxylic acid groups (broad SMARTS) is 1. The summed E-state index contributed by atoms with van der Waals surface area (Å²) in [5.74, 6) is -1.25.